The van der Waals surface area contributed by atoms with E-state index < -0.39 is 0 Å². The van der Waals surface area contributed by atoms with E-state index in [2.05, 4.69) is 4.94 Å². The Kier molecular flexibility index (Phi) is 3.71. The first-order valence-electron chi connectivity index (χ1n) is 5.52. The first kappa shape index (κ1) is 12.0. The average Bonchev–Trinajstić information content (AvgIpc) is 2.31. The van der Waals surface area contributed by atoms with Crippen LogP contribution in [-0.4, -0.2) is 37.5 Å². The van der Waals surface area contributed by atoms with E-state index in [9.17, 15) is 9.32 Å². The second kappa shape index (κ2) is 5.25. The summed E-state index contributed by atoms with van der Waals surface area (Å²) in [4.78, 5) is 19.1. The van der Waals surface area contributed by atoms with Gasteiger partial charge in [-0.2, -0.15) is 4.94 Å². The number of piperazine rings is 1. The summed E-state index contributed by atoms with van der Waals surface area (Å²) in [6.45, 7) is 1.93. The normalized spacial score (nSPS) is 17.5. The Labute approximate surface area is 99.5 Å². The predicted octanol–water partition coefficient (Wildman–Crippen LogP) is 1.37. The maximum Gasteiger partial charge on any atom is 0.241 e. The van der Waals surface area contributed by atoms with Crippen molar-refractivity contribution in [1.29, 1.82) is 0 Å². The average molecular weight is 238 g/mol. The molecule has 1 aromatic rings. The SMILES string of the molecule is CN1CCN(c2ccc(COF)cc2)C(=O)C1. The van der Waals surface area contributed by atoms with E-state index in [4.69, 9.17) is 0 Å². The second-order valence-corrected chi connectivity index (χ2v) is 4.20. The highest BCUT2D eigenvalue weighted by molar-refractivity contribution is 5.95. The molecular weight excluding hydrogens is 223 g/mol. The molecule has 0 N–H and O–H groups in total. The van der Waals surface area contributed by atoms with Gasteiger partial charge in [-0.15, -0.1) is 0 Å². The van der Waals surface area contributed by atoms with Crippen LogP contribution in [-0.2, 0) is 16.3 Å². The second-order valence-electron chi connectivity index (χ2n) is 4.20. The van der Waals surface area contributed by atoms with Gasteiger partial charge in [0.2, 0.25) is 5.91 Å². The summed E-state index contributed by atoms with van der Waals surface area (Å²) in [6.07, 6.45) is 0. The molecule has 1 aliphatic heterocycles. The van der Waals surface area contributed by atoms with Crippen LogP contribution in [0, 0.1) is 0 Å². The Balaban J connectivity index is 2.09. The molecular formula is C12H15FN2O2. The standard InChI is InChI=1S/C12H15FN2O2/c1-14-6-7-15(12(16)8-14)11-4-2-10(3-5-11)9-17-13/h2-5H,6-9H2,1H3. The minimum Gasteiger partial charge on any atom is -0.310 e. The van der Waals surface area contributed by atoms with Gasteiger partial charge in [0.25, 0.3) is 0 Å². The fourth-order valence-corrected chi connectivity index (χ4v) is 1.90. The van der Waals surface area contributed by atoms with E-state index >= 15 is 0 Å². The highest BCUT2D eigenvalue weighted by Crippen LogP contribution is 2.18. The zero-order chi connectivity index (χ0) is 12.3. The third-order valence-corrected chi connectivity index (χ3v) is 2.88. The topological polar surface area (TPSA) is 32.8 Å². The van der Waals surface area contributed by atoms with E-state index in [1.54, 1.807) is 17.0 Å². The molecule has 0 bridgehead atoms. The lowest BCUT2D eigenvalue weighted by atomic mass is 10.2. The highest BCUT2D eigenvalue weighted by Gasteiger charge is 2.22. The minimum absolute atomic E-state index is 0.0586. The number of nitrogens with zero attached hydrogens (tertiary/aromatic N) is 2. The van der Waals surface area contributed by atoms with Crippen molar-refractivity contribution in [2.45, 2.75) is 6.61 Å². The maximum atomic E-state index is 11.8. The van der Waals surface area contributed by atoms with Gasteiger partial charge in [0.15, 0.2) is 0 Å². The number of halogens is 1. The van der Waals surface area contributed by atoms with E-state index in [0.717, 1.165) is 17.8 Å². The van der Waals surface area contributed by atoms with Crippen molar-refractivity contribution in [1.82, 2.24) is 4.90 Å². The van der Waals surface area contributed by atoms with Crippen molar-refractivity contribution >= 4 is 11.6 Å². The van der Waals surface area contributed by atoms with Gasteiger partial charge in [0.1, 0.15) is 6.61 Å². The number of carbonyl (C=O) groups excluding carboxylic acids is 1. The molecule has 1 aliphatic rings. The van der Waals surface area contributed by atoms with E-state index in [1.165, 1.54) is 0 Å². The van der Waals surface area contributed by atoms with Crippen LogP contribution in [0.25, 0.3) is 0 Å². The van der Waals surface area contributed by atoms with E-state index in [1.807, 2.05) is 24.1 Å². The summed E-state index contributed by atoms with van der Waals surface area (Å²) >= 11 is 0. The van der Waals surface area contributed by atoms with Crippen LogP contribution in [0.3, 0.4) is 0 Å². The first-order chi connectivity index (χ1) is 8.20. The molecule has 1 saturated heterocycles. The monoisotopic (exact) mass is 238 g/mol. The van der Waals surface area contributed by atoms with Gasteiger partial charge >= 0.3 is 0 Å². The van der Waals surface area contributed by atoms with Gasteiger partial charge in [-0.05, 0) is 29.3 Å². The van der Waals surface area contributed by atoms with Gasteiger partial charge in [-0.25, -0.2) is 0 Å². The molecule has 1 amide bonds. The molecule has 1 fully saturated rings. The molecule has 2 rings (SSSR count). The number of likely N-dealkylation sites (N-methyl/N-ethyl adjacent to an activating group) is 1. The summed E-state index contributed by atoms with van der Waals surface area (Å²) in [5.74, 6) is 0.0910. The fraction of sp³-hybridized carbons (Fsp3) is 0.417. The van der Waals surface area contributed by atoms with Crippen LogP contribution in [0.4, 0.5) is 10.2 Å². The number of amides is 1. The molecule has 0 aromatic heterocycles. The van der Waals surface area contributed by atoms with Gasteiger partial charge < -0.3 is 4.90 Å². The number of hydrogen-bond donors (Lipinski definition) is 0. The van der Waals surface area contributed by atoms with Gasteiger partial charge in [0.05, 0.1) is 6.54 Å². The number of benzene rings is 1. The molecule has 0 atom stereocenters. The molecule has 17 heavy (non-hydrogen) atoms. The quantitative estimate of drug-likeness (QED) is 0.797. The number of anilines is 1. The molecule has 1 heterocycles. The van der Waals surface area contributed by atoms with Crippen LogP contribution in [0.2, 0.25) is 0 Å². The molecule has 1 aromatic carbocycles. The lowest BCUT2D eigenvalue weighted by Gasteiger charge is -2.32. The highest BCUT2D eigenvalue weighted by atomic mass is 19.3. The minimum atomic E-state index is -0.0586. The van der Waals surface area contributed by atoms with E-state index in [0.29, 0.717) is 13.1 Å². The number of hydrogen-bond acceptors (Lipinski definition) is 3. The van der Waals surface area contributed by atoms with Crippen molar-refractivity contribution in [3.63, 3.8) is 0 Å². The van der Waals surface area contributed by atoms with Crippen LogP contribution in [0.1, 0.15) is 5.56 Å². The molecule has 4 nitrogen and oxygen atoms in total. The van der Waals surface area contributed by atoms with Gasteiger partial charge in [-0.1, -0.05) is 12.1 Å². The van der Waals surface area contributed by atoms with Crippen LogP contribution in [0.5, 0.6) is 0 Å². The molecule has 0 radical (unpaired) electrons. The van der Waals surface area contributed by atoms with Gasteiger partial charge in [0, 0.05) is 18.8 Å². The lowest BCUT2D eigenvalue weighted by Crippen LogP contribution is -2.48. The largest absolute Gasteiger partial charge is 0.310 e. The zero-order valence-corrected chi connectivity index (χ0v) is 9.73. The van der Waals surface area contributed by atoms with Crippen molar-refractivity contribution in [2.75, 3.05) is 31.6 Å². The lowest BCUT2D eigenvalue weighted by molar-refractivity contribution is -0.144. The smallest absolute Gasteiger partial charge is 0.241 e. The summed E-state index contributed by atoms with van der Waals surface area (Å²) in [6, 6.07) is 7.16. The van der Waals surface area contributed by atoms with Crippen molar-refractivity contribution < 1.29 is 14.3 Å². The maximum absolute atomic E-state index is 11.8. The van der Waals surface area contributed by atoms with Crippen LogP contribution >= 0.6 is 0 Å². The summed E-state index contributed by atoms with van der Waals surface area (Å²) in [5.41, 5.74) is 1.60. The molecule has 0 aliphatic carbocycles. The van der Waals surface area contributed by atoms with E-state index in [-0.39, 0.29) is 12.5 Å². The Morgan fingerprint density at radius 2 is 2.00 bits per heavy atom. The summed E-state index contributed by atoms with van der Waals surface area (Å²) < 4.78 is 11.7. The Morgan fingerprint density at radius 3 is 2.59 bits per heavy atom. The third kappa shape index (κ3) is 2.81. The summed E-state index contributed by atoms with van der Waals surface area (Å²) in [7, 11) is 1.93. The Bertz CT molecular complexity index is 394. The molecule has 0 saturated carbocycles. The van der Waals surface area contributed by atoms with Crippen molar-refractivity contribution in [2.24, 2.45) is 0 Å². The predicted molar refractivity (Wildman–Crippen MR) is 62.2 cm³/mol. The molecule has 0 unspecified atom stereocenters. The molecule has 5 heteroatoms. The molecule has 92 valence electrons. The van der Waals surface area contributed by atoms with Crippen molar-refractivity contribution in [3.05, 3.63) is 29.8 Å². The van der Waals surface area contributed by atoms with Crippen LogP contribution < -0.4 is 4.90 Å². The Morgan fingerprint density at radius 1 is 1.29 bits per heavy atom. The fourth-order valence-electron chi connectivity index (χ4n) is 1.90. The van der Waals surface area contributed by atoms with Crippen LogP contribution in [0.15, 0.2) is 24.3 Å². The van der Waals surface area contributed by atoms with Gasteiger partial charge in [-0.3, -0.25) is 9.69 Å². The third-order valence-electron chi connectivity index (χ3n) is 2.88. The molecule has 0 spiro atoms. The van der Waals surface area contributed by atoms with Crippen molar-refractivity contribution in [3.8, 4) is 0 Å². The number of carbonyl (C=O) groups is 1. The number of rotatable bonds is 3. The zero-order valence-electron chi connectivity index (χ0n) is 9.73. The Hall–Kier alpha value is -1.46. The first-order valence-corrected chi connectivity index (χ1v) is 5.52. The summed E-state index contributed by atoms with van der Waals surface area (Å²) in [5, 5.41) is 0.